The van der Waals surface area contributed by atoms with Crippen molar-refractivity contribution >= 4 is 29.9 Å². The molecular formula is C19H35IN4O. The number of aliphatic imine (C=N–C) groups is 1. The molecule has 1 saturated carbocycles. The summed E-state index contributed by atoms with van der Waals surface area (Å²) < 4.78 is 5.52. The van der Waals surface area contributed by atoms with Crippen LogP contribution in [0.1, 0.15) is 44.9 Å². The molecule has 0 amide bonds. The quantitative estimate of drug-likeness (QED) is 0.286. The van der Waals surface area contributed by atoms with E-state index in [1.54, 1.807) is 0 Å². The predicted molar refractivity (Wildman–Crippen MR) is 115 cm³/mol. The van der Waals surface area contributed by atoms with Gasteiger partial charge < -0.3 is 15.4 Å². The molecular weight excluding hydrogens is 427 g/mol. The molecule has 25 heavy (non-hydrogen) atoms. The molecule has 3 rings (SSSR count). The Bertz CT molecular complexity index is 435. The van der Waals surface area contributed by atoms with Gasteiger partial charge in [-0.05, 0) is 25.7 Å². The third-order valence-electron chi connectivity index (χ3n) is 5.78. The van der Waals surface area contributed by atoms with Gasteiger partial charge in [-0.15, -0.1) is 24.0 Å². The lowest BCUT2D eigenvalue weighted by molar-refractivity contribution is 0.00819. The van der Waals surface area contributed by atoms with Crippen molar-refractivity contribution in [3.05, 3.63) is 12.2 Å². The third-order valence-corrected chi connectivity index (χ3v) is 5.78. The first-order valence-corrected chi connectivity index (χ1v) is 9.72. The van der Waals surface area contributed by atoms with Crippen LogP contribution in [0.2, 0.25) is 0 Å². The fraction of sp³-hybridized carbons (Fsp3) is 0.842. The summed E-state index contributed by atoms with van der Waals surface area (Å²) in [6.07, 6.45) is 13.5. The zero-order valence-corrected chi connectivity index (χ0v) is 18.0. The van der Waals surface area contributed by atoms with Crippen LogP contribution in [0.4, 0.5) is 0 Å². The first-order valence-electron chi connectivity index (χ1n) is 9.72. The highest BCUT2D eigenvalue weighted by Crippen LogP contribution is 2.36. The van der Waals surface area contributed by atoms with E-state index >= 15 is 0 Å². The van der Waals surface area contributed by atoms with E-state index in [-0.39, 0.29) is 24.0 Å². The largest absolute Gasteiger partial charge is 0.379 e. The van der Waals surface area contributed by atoms with Crippen LogP contribution in [0.5, 0.6) is 0 Å². The second-order valence-electron chi connectivity index (χ2n) is 7.66. The summed E-state index contributed by atoms with van der Waals surface area (Å²) in [5.41, 5.74) is 0.390. The second kappa shape index (κ2) is 10.7. The van der Waals surface area contributed by atoms with Crippen LogP contribution in [0, 0.1) is 5.41 Å². The molecule has 0 bridgehead atoms. The molecule has 0 aromatic carbocycles. The number of ether oxygens (including phenoxy) is 1. The maximum atomic E-state index is 5.52. The van der Waals surface area contributed by atoms with Crippen molar-refractivity contribution in [2.24, 2.45) is 10.4 Å². The average Bonchev–Trinajstić information content (AvgIpc) is 3.13. The Kier molecular flexibility index (Phi) is 8.99. The lowest BCUT2D eigenvalue weighted by atomic mass is 9.73. The fourth-order valence-corrected chi connectivity index (χ4v) is 4.32. The summed E-state index contributed by atoms with van der Waals surface area (Å²) in [5.74, 6) is 0.968. The van der Waals surface area contributed by atoms with Gasteiger partial charge in [-0.2, -0.15) is 0 Å². The van der Waals surface area contributed by atoms with Crippen LogP contribution < -0.4 is 10.6 Å². The standard InChI is InChI=1S/C19H34N4O.HI/c1-20-18(22-17-7-3-4-8-17)21-15-19(9-5-2-6-10-19)16-23-11-13-24-14-12-23;/h3-4,17H,2,5-16H2,1H3,(H2,20,21,22);1H. The summed E-state index contributed by atoms with van der Waals surface area (Å²) in [6.45, 7) is 6.18. The number of guanidine groups is 1. The highest BCUT2D eigenvalue weighted by molar-refractivity contribution is 14.0. The Labute approximate surface area is 170 Å². The Morgan fingerprint density at radius 3 is 2.48 bits per heavy atom. The molecule has 2 aliphatic carbocycles. The van der Waals surface area contributed by atoms with E-state index in [0.29, 0.717) is 11.5 Å². The van der Waals surface area contributed by atoms with E-state index in [1.807, 2.05) is 7.05 Å². The van der Waals surface area contributed by atoms with Gasteiger partial charge in [-0.25, -0.2) is 0 Å². The van der Waals surface area contributed by atoms with Crippen LogP contribution in [-0.4, -0.2) is 63.3 Å². The Morgan fingerprint density at radius 1 is 1.16 bits per heavy atom. The Balaban J connectivity index is 0.00000225. The van der Waals surface area contributed by atoms with E-state index in [1.165, 1.54) is 38.6 Å². The first kappa shape index (κ1) is 21.0. The highest BCUT2D eigenvalue weighted by atomic mass is 127. The van der Waals surface area contributed by atoms with E-state index in [2.05, 4.69) is 32.7 Å². The SMILES string of the molecule is CN=C(NCC1(CN2CCOCC2)CCCCC1)NC1CC=CC1.I. The first-order chi connectivity index (χ1) is 11.8. The number of hydrogen-bond donors (Lipinski definition) is 2. The normalized spacial score (nSPS) is 24.8. The van der Waals surface area contributed by atoms with Gasteiger partial charge in [-0.1, -0.05) is 31.4 Å². The van der Waals surface area contributed by atoms with Crippen molar-refractivity contribution in [1.82, 2.24) is 15.5 Å². The number of halogens is 1. The molecule has 0 unspecified atom stereocenters. The lowest BCUT2D eigenvalue weighted by Gasteiger charge is -2.42. The molecule has 0 atom stereocenters. The van der Waals surface area contributed by atoms with Gasteiger partial charge in [0.05, 0.1) is 13.2 Å². The van der Waals surface area contributed by atoms with Crippen molar-refractivity contribution in [1.29, 1.82) is 0 Å². The Morgan fingerprint density at radius 2 is 1.84 bits per heavy atom. The van der Waals surface area contributed by atoms with Crippen molar-refractivity contribution in [3.8, 4) is 0 Å². The molecule has 6 heteroatoms. The minimum absolute atomic E-state index is 0. The van der Waals surface area contributed by atoms with E-state index in [9.17, 15) is 0 Å². The molecule has 1 aliphatic heterocycles. The number of hydrogen-bond acceptors (Lipinski definition) is 3. The molecule has 2 N–H and O–H groups in total. The molecule has 1 heterocycles. The van der Waals surface area contributed by atoms with Crippen LogP contribution >= 0.6 is 24.0 Å². The molecule has 0 aromatic rings. The highest BCUT2D eigenvalue weighted by Gasteiger charge is 2.34. The van der Waals surface area contributed by atoms with Gasteiger partial charge in [0.25, 0.3) is 0 Å². The van der Waals surface area contributed by atoms with E-state index < -0.39 is 0 Å². The van der Waals surface area contributed by atoms with Crippen LogP contribution in [0.3, 0.4) is 0 Å². The number of nitrogens with one attached hydrogen (secondary N) is 2. The van der Waals surface area contributed by atoms with Crippen LogP contribution in [-0.2, 0) is 4.74 Å². The van der Waals surface area contributed by atoms with Gasteiger partial charge in [0.1, 0.15) is 0 Å². The molecule has 0 spiro atoms. The summed E-state index contributed by atoms with van der Waals surface area (Å²) in [6, 6.07) is 0.512. The van der Waals surface area contributed by atoms with Gasteiger partial charge in [0, 0.05) is 44.7 Å². The molecule has 2 fully saturated rings. The molecule has 5 nitrogen and oxygen atoms in total. The molecule has 0 radical (unpaired) electrons. The van der Waals surface area contributed by atoms with Crippen molar-refractivity contribution in [2.45, 2.75) is 51.0 Å². The predicted octanol–water partition coefficient (Wildman–Crippen LogP) is 2.77. The van der Waals surface area contributed by atoms with Gasteiger partial charge in [0.15, 0.2) is 5.96 Å². The summed E-state index contributed by atoms with van der Waals surface area (Å²) in [4.78, 5) is 7.05. The molecule has 0 aromatic heterocycles. The maximum Gasteiger partial charge on any atom is 0.191 e. The van der Waals surface area contributed by atoms with Gasteiger partial charge in [0.2, 0.25) is 0 Å². The maximum absolute atomic E-state index is 5.52. The zero-order chi connectivity index (χ0) is 16.7. The lowest BCUT2D eigenvalue weighted by Crippen LogP contribution is -2.52. The summed E-state index contributed by atoms with van der Waals surface area (Å²) in [5, 5.41) is 7.22. The Hall–Kier alpha value is -0.340. The number of rotatable bonds is 5. The monoisotopic (exact) mass is 462 g/mol. The topological polar surface area (TPSA) is 48.9 Å². The number of morpholine rings is 1. The van der Waals surface area contributed by atoms with Crippen molar-refractivity contribution in [3.63, 3.8) is 0 Å². The van der Waals surface area contributed by atoms with Crippen molar-refractivity contribution in [2.75, 3.05) is 46.4 Å². The smallest absolute Gasteiger partial charge is 0.191 e. The van der Waals surface area contributed by atoms with Gasteiger partial charge in [-0.3, -0.25) is 9.89 Å². The minimum atomic E-state index is 0. The van der Waals surface area contributed by atoms with Crippen molar-refractivity contribution < 1.29 is 4.74 Å². The second-order valence-corrected chi connectivity index (χ2v) is 7.66. The average molecular weight is 462 g/mol. The zero-order valence-electron chi connectivity index (χ0n) is 15.6. The fourth-order valence-electron chi connectivity index (χ4n) is 4.32. The summed E-state index contributed by atoms with van der Waals surface area (Å²) in [7, 11) is 1.88. The third kappa shape index (κ3) is 6.40. The van der Waals surface area contributed by atoms with Crippen LogP contribution in [0.15, 0.2) is 17.1 Å². The molecule has 3 aliphatic rings. The summed E-state index contributed by atoms with van der Waals surface area (Å²) >= 11 is 0. The minimum Gasteiger partial charge on any atom is -0.379 e. The molecule has 144 valence electrons. The van der Waals surface area contributed by atoms with Crippen LogP contribution in [0.25, 0.3) is 0 Å². The number of nitrogens with zero attached hydrogens (tertiary/aromatic N) is 2. The van der Waals surface area contributed by atoms with E-state index in [0.717, 1.165) is 51.6 Å². The molecule has 1 saturated heterocycles. The van der Waals surface area contributed by atoms with Gasteiger partial charge >= 0.3 is 0 Å². The van der Waals surface area contributed by atoms with E-state index in [4.69, 9.17) is 4.74 Å².